The zero-order valence-electron chi connectivity index (χ0n) is 18.8. The second-order valence-corrected chi connectivity index (χ2v) is 8.86. The van der Waals surface area contributed by atoms with Crippen molar-refractivity contribution < 1.29 is 22.7 Å². The topological polar surface area (TPSA) is 26.3 Å². The number of ether oxygens (including phenoxy) is 1. The molecular formula is C28H27F3O2. The maximum Gasteiger partial charge on any atom is 0.346 e. The molecule has 0 amide bonds. The SMILES string of the molecule is CCc1ccc(-c2ccc(OC(=O)c3ccc(C4CCC(C)CC4)c(F)c3F)cc2)cc1F. The summed E-state index contributed by atoms with van der Waals surface area (Å²) < 4.78 is 48.8. The van der Waals surface area contributed by atoms with Crippen molar-refractivity contribution in [3.63, 3.8) is 0 Å². The Hall–Kier alpha value is -3.08. The van der Waals surface area contributed by atoms with Gasteiger partial charge >= 0.3 is 5.97 Å². The molecule has 1 saturated carbocycles. The molecule has 0 N–H and O–H groups in total. The average Bonchev–Trinajstić information content (AvgIpc) is 2.82. The van der Waals surface area contributed by atoms with Crippen LogP contribution in [0.2, 0.25) is 0 Å². The quantitative estimate of drug-likeness (QED) is 0.291. The van der Waals surface area contributed by atoms with Gasteiger partial charge in [0.2, 0.25) is 0 Å². The number of benzene rings is 3. The Balaban J connectivity index is 1.48. The molecule has 1 fully saturated rings. The lowest BCUT2D eigenvalue weighted by molar-refractivity contribution is 0.0728. The van der Waals surface area contributed by atoms with Gasteiger partial charge in [-0.1, -0.05) is 57.0 Å². The average molecular weight is 453 g/mol. The molecule has 0 spiro atoms. The van der Waals surface area contributed by atoms with Gasteiger partial charge in [0.05, 0.1) is 5.56 Å². The predicted octanol–water partition coefficient (Wildman–Crippen LogP) is 7.85. The number of carbonyl (C=O) groups excluding carboxylic acids is 1. The molecule has 0 unspecified atom stereocenters. The number of aryl methyl sites for hydroxylation is 1. The minimum absolute atomic E-state index is 0.0236. The van der Waals surface area contributed by atoms with E-state index in [9.17, 15) is 18.0 Å². The molecule has 172 valence electrons. The largest absolute Gasteiger partial charge is 0.423 e. The van der Waals surface area contributed by atoms with E-state index in [4.69, 9.17) is 4.74 Å². The summed E-state index contributed by atoms with van der Waals surface area (Å²) in [6.07, 6.45) is 4.22. The molecular weight excluding hydrogens is 425 g/mol. The summed E-state index contributed by atoms with van der Waals surface area (Å²) in [5.74, 6) is -2.58. The zero-order valence-corrected chi connectivity index (χ0v) is 18.8. The summed E-state index contributed by atoms with van der Waals surface area (Å²) in [4.78, 5) is 12.5. The smallest absolute Gasteiger partial charge is 0.346 e. The van der Waals surface area contributed by atoms with Crippen molar-refractivity contribution in [2.24, 2.45) is 5.92 Å². The van der Waals surface area contributed by atoms with Crippen LogP contribution in [0.25, 0.3) is 11.1 Å². The molecule has 0 atom stereocenters. The monoisotopic (exact) mass is 452 g/mol. The molecule has 0 saturated heterocycles. The van der Waals surface area contributed by atoms with Crippen molar-refractivity contribution in [2.45, 2.75) is 51.9 Å². The summed E-state index contributed by atoms with van der Waals surface area (Å²) in [6.45, 7) is 4.05. The standard InChI is InChI=1S/C28H27F3O2/c1-3-18-8-9-21(16-25(18)29)19-10-12-22(13-11-19)33-28(32)24-15-14-23(26(30)27(24)31)20-6-4-17(2)5-7-20/h8-17,20H,3-7H2,1-2H3. The summed E-state index contributed by atoms with van der Waals surface area (Å²) in [5.41, 5.74) is 1.99. The van der Waals surface area contributed by atoms with Crippen molar-refractivity contribution in [3.8, 4) is 16.9 Å². The van der Waals surface area contributed by atoms with Crippen LogP contribution in [0.4, 0.5) is 13.2 Å². The Morgan fingerprint density at radius 2 is 1.55 bits per heavy atom. The zero-order chi connectivity index (χ0) is 23.5. The fraction of sp³-hybridized carbons (Fsp3) is 0.321. The highest BCUT2D eigenvalue weighted by Crippen LogP contribution is 2.37. The molecule has 1 aliphatic rings. The molecule has 0 heterocycles. The van der Waals surface area contributed by atoms with Crippen LogP contribution in [0.5, 0.6) is 5.75 Å². The Morgan fingerprint density at radius 1 is 0.879 bits per heavy atom. The predicted molar refractivity (Wildman–Crippen MR) is 123 cm³/mol. The van der Waals surface area contributed by atoms with Crippen LogP contribution in [0.3, 0.4) is 0 Å². The fourth-order valence-electron chi connectivity index (χ4n) is 4.50. The van der Waals surface area contributed by atoms with E-state index in [1.165, 1.54) is 18.2 Å². The van der Waals surface area contributed by atoms with E-state index in [2.05, 4.69) is 6.92 Å². The highest BCUT2D eigenvalue weighted by molar-refractivity contribution is 5.91. The molecule has 3 aromatic carbocycles. The summed E-state index contributed by atoms with van der Waals surface area (Å²) in [5, 5.41) is 0. The third-order valence-corrected chi connectivity index (χ3v) is 6.62. The highest BCUT2D eigenvalue weighted by Gasteiger charge is 2.26. The van der Waals surface area contributed by atoms with Crippen LogP contribution in [-0.4, -0.2) is 5.97 Å². The lowest BCUT2D eigenvalue weighted by Crippen LogP contribution is -2.16. The van der Waals surface area contributed by atoms with Crippen molar-refractivity contribution in [2.75, 3.05) is 0 Å². The Morgan fingerprint density at radius 3 is 2.18 bits per heavy atom. The van der Waals surface area contributed by atoms with Gasteiger partial charge in [-0.2, -0.15) is 0 Å². The first-order chi connectivity index (χ1) is 15.9. The highest BCUT2D eigenvalue weighted by atomic mass is 19.2. The van der Waals surface area contributed by atoms with Gasteiger partial charge < -0.3 is 4.74 Å². The van der Waals surface area contributed by atoms with E-state index < -0.39 is 23.2 Å². The molecule has 0 radical (unpaired) electrons. The van der Waals surface area contributed by atoms with E-state index in [-0.39, 0.29) is 17.5 Å². The van der Waals surface area contributed by atoms with E-state index in [1.54, 1.807) is 30.3 Å². The lowest BCUT2D eigenvalue weighted by atomic mass is 9.79. The Kier molecular flexibility index (Phi) is 6.87. The van der Waals surface area contributed by atoms with Gasteiger partial charge in [-0.05, 0) is 77.6 Å². The van der Waals surface area contributed by atoms with E-state index in [0.717, 1.165) is 31.2 Å². The molecule has 33 heavy (non-hydrogen) atoms. The second-order valence-electron chi connectivity index (χ2n) is 8.86. The summed E-state index contributed by atoms with van der Waals surface area (Å²) >= 11 is 0. The van der Waals surface area contributed by atoms with Crippen LogP contribution in [0.1, 0.15) is 66.9 Å². The number of halogens is 3. The molecule has 2 nitrogen and oxygen atoms in total. The van der Waals surface area contributed by atoms with Crippen molar-refractivity contribution in [1.29, 1.82) is 0 Å². The fourth-order valence-corrected chi connectivity index (χ4v) is 4.50. The maximum atomic E-state index is 14.8. The first-order valence-corrected chi connectivity index (χ1v) is 11.5. The third kappa shape index (κ3) is 4.97. The molecule has 3 aromatic rings. The van der Waals surface area contributed by atoms with E-state index in [0.29, 0.717) is 29.0 Å². The molecule has 5 heteroatoms. The van der Waals surface area contributed by atoms with E-state index in [1.807, 2.05) is 13.0 Å². The first kappa shape index (κ1) is 23.1. The molecule has 1 aliphatic carbocycles. The number of rotatable bonds is 5. The van der Waals surface area contributed by atoms with Gasteiger partial charge in [0.15, 0.2) is 11.6 Å². The van der Waals surface area contributed by atoms with Gasteiger partial charge in [-0.15, -0.1) is 0 Å². The molecule has 4 rings (SSSR count). The third-order valence-electron chi connectivity index (χ3n) is 6.62. The van der Waals surface area contributed by atoms with Gasteiger partial charge in [0.1, 0.15) is 11.6 Å². The van der Waals surface area contributed by atoms with Crippen molar-refractivity contribution >= 4 is 5.97 Å². The minimum Gasteiger partial charge on any atom is -0.423 e. The van der Waals surface area contributed by atoms with E-state index >= 15 is 0 Å². The summed E-state index contributed by atoms with van der Waals surface area (Å²) in [7, 11) is 0. The van der Waals surface area contributed by atoms with Crippen LogP contribution in [-0.2, 0) is 6.42 Å². The van der Waals surface area contributed by atoms with Crippen LogP contribution in [0.15, 0.2) is 54.6 Å². The second kappa shape index (κ2) is 9.82. The minimum atomic E-state index is -1.17. The maximum absolute atomic E-state index is 14.8. The number of hydrogen-bond acceptors (Lipinski definition) is 2. The van der Waals surface area contributed by atoms with Crippen LogP contribution in [0, 0.1) is 23.4 Å². The number of carbonyl (C=O) groups is 1. The Labute approximate surface area is 192 Å². The van der Waals surface area contributed by atoms with Crippen LogP contribution < -0.4 is 4.74 Å². The van der Waals surface area contributed by atoms with Crippen molar-refractivity contribution in [3.05, 3.63) is 88.7 Å². The Bertz CT molecular complexity index is 1150. The normalized spacial score (nSPS) is 18.2. The van der Waals surface area contributed by atoms with Gasteiger partial charge in [0.25, 0.3) is 0 Å². The lowest BCUT2D eigenvalue weighted by Gasteiger charge is -2.27. The van der Waals surface area contributed by atoms with Crippen LogP contribution >= 0.6 is 0 Å². The van der Waals surface area contributed by atoms with Gasteiger partial charge in [0, 0.05) is 0 Å². The van der Waals surface area contributed by atoms with Gasteiger partial charge in [-0.3, -0.25) is 0 Å². The number of hydrogen-bond donors (Lipinski definition) is 0. The molecule has 0 aromatic heterocycles. The summed E-state index contributed by atoms with van der Waals surface area (Å²) in [6, 6.07) is 14.3. The molecule has 0 aliphatic heterocycles. The molecule has 0 bridgehead atoms. The van der Waals surface area contributed by atoms with Crippen molar-refractivity contribution in [1.82, 2.24) is 0 Å². The first-order valence-electron chi connectivity index (χ1n) is 11.5. The number of esters is 1. The van der Waals surface area contributed by atoms with Gasteiger partial charge in [-0.25, -0.2) is 18.0 Å².